The monoisotopic (exact) mass is 350 g/mol. The second kappa shape index (κ2) is 6.00. The molecule has 6 heteroatoms. The van der Waals surface area contributed by atoms with E-state index in [1.165, 1.54) is 12.0 Å². The van der Waals surface area contributed by atoms with Crippen LogP contribution in [0.4, 0.5) is 0 Å². The van der Waals surface area contributed by atoms with E-state index < -0.39 is 10.0 Å². The van der Waals surface area contributed by atoms with Crippen LogP contribution in [-0.4, -0.2) is 44.8 Å². The summed E-state index contributed by atoms with van der Waals surface area (Å²) in [5.74, 6) is 0.946. The van der Waals surface area contributed by atoms with Crippen LogP contribution in [0.2, 0.25) is 0 Å². The quantitative estimate of drug-likeness (QED) is 0.854. The van der Waals surface area contributed by atoms with Crippen molar-refractivity contribution in [3.8, 4) is 5.75 Å². The van der Waals surface area contributed by atoms with Gasteiger partial charge in [0, 0.05) is 24.7 Å². The van der Waals surface area contributed by atoms with E-state index >= 15 is 0 Å². The van der Waals surface area contributed by atoms with E-state index in [2.05, 4.69) is 21.8 Å². The third-order valence-corrected chi connectivity index (χ3v) is 7.77. The summed E-state index contributed by atoms with van der Waals surface area (Å²) in [5, 5.41) is -0.111. The molecule has 132 valence electrons. The van der Waals surface area contributed by atoms with Crippen LogP contribution in [0.25, 0.3) is 0 Å². The first-order chi connectivity index (χ1) is 11.5. The van der Waals surface area contributed by atoms with Crippen LogP contribution < -0.4 is 9.46 Å². The molecule has 1 aromatic rings. The Balaban J connectivity index is 1.31. The highest BCUT2D eigenvalue weighted by Gasteiger charge is 2.50. The number of likely N-dealkylation sites (tertiary alicyclic amines) is 1. The number of hydrogen-bond acceptors (Lipinski definition) is 4. The van der Waals surface area contributed by atoms with Crippen LogP contribution in [0.3, 0.4) is 0 Å². The van der Waals surface area contributed by atoms with Gasteiger partial charge in [-0.15, -0.1) is 0 Å². The average molecular weight is 350 g/mol. The highest BCUT2D eigenvalue weighted by Crippen LogP contribution is 2.49. The molecule has 1 N–H and O–H groups in total. The molecule has 4 rings (SSSR count). The summed E-state index contributed by atoms with van der Waals surface area (Å²) in [6.07, 6.45) is 4.81. The Bertz CT molecular complexity index is 709. The molecular weight excluding hydrogens is 324 g/mol. The van der Waals surface area contributed by atoms with Crippen LogP contribution in [0.5, 0.6) is 5.75 Å². The number of nitrogens with one attached hydrogen (secondary N) is 1. The van der Waals surface area contributed by atoms with Gasteiger partial charge >= 0.3 is 0 Å². The molecule has 1 heterocycles. The topological polar surface area (TPSA) is 58.6 Å². The number of rotatable bonds is 6. The Labute approximate surface area is 144 Å². The predicted molar refractivity (Wildman–Crippen MR) is 93.4 cm³/mol. The summed E-state index contributed by atoms with van der Waals surface area (Å²) < 4.78 is 32.4. The number of hydrogen-bond donors (Lipinski definition) is 1. The summed E-state index contributed by atoms with van der Waals surface area (Å²) in [6, 6.07) is 8.33. The lowest BCUT2D eigenvalue weighted by molar-refractivity contribution is 0.101. The van der Waals surface area contributed by atoms with Crippen LogP contribution >= 0.6 is 0 Å². The van der Waals surface area contributed by atoms with Gasteiger partial charge in [-0.2, -0.15) is 0 Å². The summed E-state index contributed by atoms with van der Waals surface area (Å²) in [5.41, 5.74) is 1.54. The highest BCUT2D eigenvalue weighted by molar-refractivity contribution is 7.90. The molecule has 3 fully saturated rings. The molecule has 2 aliphatic carbocycles. The van der Waals surface area contributed by atoms with E-state index in [-0.39, 0.29) is 11.3 Å². The third kappa shape index (κ3) is 3.19. The summed E-state index contributed by atoms with van der Waals surface area (Å²) >= 11 is 0. The number of para-hydroxylation sites is 1. The van der Waals surface area contributed by atoms with E-state index in [0.29, 0.717) is 5.41 Å². The van der Waals surface area contributed by atoms with Gasteiger partial charge in [0.15, 0.2) is 0 Å². The minimum atomic E-state index is -3.04. The van der Waals surface area contributed by atoms with Crippen LogP contribution in [0, 0.1) is 5.41 Å². The Morgan fingerprint density at radius 1 is 1.29 bits per heavy atom. The Morgan fingerprint density at radius 2 is 2.04 bits per heavy atom. The fourth-order valence-corrected chi connectivity index (χ4v) is 5.93. The van der Waals surface area contributed by atoms with Crippen molar-refractivity contribution in [2.24, 2.45) is 5.41 Å². The van der Waals surface area contributed by atoms with Gasteiger partial charge in [-0.3, -0.25) is 4.90 Å². The maximum Gasteiger partial charge on any atom is 0.214 e. The number of ether oxygens (including phenoxy) is 1. The van der Waals surface area contributed by atoms with Gasteiger partial charge in [0.05, 0.1) is 12.4 Å². The van der Waals surface area contributed by atoms with Crippen molar-refractivity contribution in [1.29, 1.82) is 0 Å². The normalized spacial score (nSPS) is 30.5. The Hall–Kier alpha value is -1.11. The molecule has 0 unspecified atom stereocenters. The first-order valence-corrected chi connectivity index (χ1v) is 10.4. The zero-order valence-electron chi connectivity index (χ0n) is 14.2. The molecule has 0 amide bonds. The third-order valence-electron chi connectivity index (χ3n) is 5.76. The van der Waals surface area contributed by atoms with Crippen LogP contribution in [0.15, 0.2) is 24.3 Å². The average Bonchev–Trinajstić information content (AvgIpc) is 3.30. The van der Waals surface area contributed by atoms with Crippen molar-refractivity contribution in [2.75, 3.05) is 20.2 Å². The molecule has 0 aromatic heterocycles. The predicted octanol–water partition coefficient (Wildman–Crippen LogP) is 2.13. The van der Waals surface area contributed by atoms with Crippen molar-refractivity contribution in [1.82, 2.24) is 9.62 Å². The minimum Gasteiger partial charge on any atom is -0.496 e. The van der Waals surface area contributed by atoms with Crippen molar-refractivity contribution >= 4 is 10.0 Å². The lowest BCUT2D eigenvalue weighted by Gasteiger charge is -2.45. The zero-order chi connectivity index (χ0) is 16.8. The minimum absolute atomic E-state index is 0.111. The van der Waals surface area contributed by atoms with Gasteiger partial charge in [0.2, 0.25) is 10.0 Å². The molecule has 5 nitrogen and oxygen atoms in total. The number of nitrogens with zero attached hydrogens (tertiary/aromatic N) is 1. The molecule has 2 saturated carbocycles. The fourth-order valence-electron chi connectivity index (χ4n) is 4.35. The molecule has 1 aliphatic heterocycles. The van der Waals surface area contributed by atoms with Gasteiger partial charge in [-0.05, 0) is 50.1 Å². The van der Waals surface area contributed by atoms with E-state index in [4.69, 9.17) is 4.74 Å². The molecule has 0 atom stereocenters. The standard InChI is InChI=1S/C18H26N2O3S/c1-23-17-5-3-2-4-14(17)12-20-9-8-18(13-20)10-15(11-18)19-24(21,22)16-6-7-16/h2-5,15-16,19H,6-13H2,1H3. The second-order valence-corrected chi connectivity index (χ2v) is 9.73. The van der Waals surface area contributed by atoms with Crippen molar-refractivity contribution in [3.05, 3.63) is 29.8 Å². The van der Waals surface area contributed by atoms with E-state index in [9.17, 15) is 8.42 Å². The highest BCUT2D eigenvalue weighted by atomic mass is 32.2. The molecule has 24 heavy (non-hydrogen) atoms. The molecule has 0 bridgehead atoms. The second-order valence-electron chi connectivity index (χ2n) is 7.74. The first kappa shape index (κ1) is 16.4. The summed E-state index contributed by atoms with van der Waals surface area (Å²) in [4.78, 5) is 2.48. The molecule has 1 saturated heterocycles. The van der Waals surface area contributed by atoms with Crippen molar-refractivity contribution < 1.29 is 13.2 Å². The molecule has 3 aliphatic rings. The van der Waals surface area contributed by atoms with E-state index in [0.717, 1.165) is 51.1 Å². The van der Waals surface area contributed by atoms with Gasteiger partial charge in [-0.25, -0.2) is 13.1 Å². The molecule has 0 radical (unpaired) electrons. The number of sulfonamides is 1. The molecular formula is C18H26N2O3S. The lowest BCUT2D eigenvalue weighted by Crippen LogP contribution is -2.52. The first-order valence-electron chi connectivity index (χ1n) is 8.85. The van der Waals surface area contributed by atoms with Crippen molar-refractivity contribution in [3.63, 3.8) is 0 Å². The zero-order valence-corrected chi connectivity index (χ0v) is 15.0. The Morgan fingerprint density at radius 3 is 2.75 bits per heavy atom. The number of methoxy groups -OCH3 is 1. The summed E-state index contributed by atoms with van der Waals surface area (Å²) in [7, 11) is -1.33. The number of benzene rings is 1. The maximum atomic E-state index is 12.0. The molecule has 1 spiro atoms. The van der Waals surface area contributed by atoms with Gasteiger partial charge < -0.3 is 4.74 Å². The Kier molecular flexibility index (Phi) is 4.09. The van der Waals surface area contributed by atoms with Crippen molar-refractivity contribution in [2.45, 2.75) is 49.9 Å². The SMILES string of the molecule is COc1ccccc1CN1CCC2(CC(NS(=O)(=O)C3CC3)C2)C1. The van der Waals surface area contributed by atoms with Gasteiger partial charge in [0.1, 0.15) is 5.75 Å². The fraction of sp³-hybridized carbons (Fsp3) is 0.667. The van der Waals surface area contributed by atoms with Crippen LogP contribution in [0.1, 0.15) is 37.7 Å². The molecule has 1 aromatic carbocycles. The summed E-state index contributed by atoms with van der Waals surface area (Å²) in [6.45, 7) is 3.05. The van der Waals surface area contributed by atoms with E-state index in [1.54, 1.807) is 7.11 Å². The van der Waals surface area contributed by atoms with Gasteiger partial charge in [0.25, 0.3) is 0 Å². The smallest absolute Gasteiger partial charge is 0.214 e. The maximum absolute atomic E-state index is 12.0. The lowest BCUT2D eigenvalue weighted by atomic mass is 9.65. The largest absolute Gasteiger partial charge is 0.496 e. The van der Waals surface area contributed by atoms with E-state index in [1.807, 2.05) is 12.1 Å². The van der Waals surface area contributed by atoms with Crippen LogP contribution in [-0.2, 0) is 16.6 Å². The van der Waals surface area contributed by atoms with Gasteiger partial charge in [-0.1, -0.05) is 18.2 Å².